The molecule has 0 bridgehead atoms. The van der Waals surface area contributed by atoms with Crippen LogP contribution in [0.5, 0.6) is 0 Å². The number of pyridine rings is 1. The van der Waals surface area contributed by atoms with Gasteiger partial charge < -0.3 is 15.6 Å². The molecule has 0 aromatic carbocycles. The van der Waals surface area contributed by atoms with Crippen molar-refractivity contribution in [3.05, 3.63) is 34.2 Å². The number of aromatic amines is 1. The van der Waals surface area contributed by atoms with Gasteiger partial charge in [-0.05, 0) is 18.5 Å². The fraction of sp³-hybridized carbons (Fsp3) is 0.455. The normalized spacial score (nSPS) is 12.2. The van der Waals surface area contributed by atoms with Crippen LogP contribution in [0.3, 0.4) is 0 Å². The Bertz CT molecular complexity index is 414. The molecule has 1 rings (SSSR count). The predicted molar refractivity (Wildman–Crippen MR) is 62.2 cm³/mol. The second kappa shape index (κ2) is 5.46. The molecule has 1 aromatic rings. The van der Waals surface area contributed by atoms with E-state index >= 15 is 0 Å². The molecule has 1 amide bonds. The molecular formula is C11H17N3O2. The van der Waals surface area contributed by atoms with Crippen LogP contribution in [-0.4, -0.2) is 35.9 Å². The third kappa shape index (κ3) is 3.20. The average Bonchev–Trinajstić information content (AvgIpc) is 2.27. The van der Waals surface area contributed by atoms with E-state index in [9.17, 15) is 9.59 Å². The van der Waals surface area contributed by atoms with E-state index < -0.39 is 0 Å². The minimum absolute atomic E-state index is 0.196. The van der Waals surface area contributed by atoms with Gasteiger partial charge in [0.1, 0.15) is 5.69 Å². The van der Waals surface area contributed by atoms with Gasteiger partial charge in [0.25, 0.3) is 5.91 Å². The van der Waals surface area contributed by atoms with Gasteiger partial charge in [0.05, 0.1) is 0 Å². The Labute approximate surface area is 94.3 Å². The summed E-state index contributed by atoms with van der Waals surface area (Å²) in [5, 5.41) is 0. The fourth-order valence-corrected chi connectivity index (χ4v) is 1.40. The van der Waals surface area contributed by atoms with Crippen LogP contribution < -0.4 is 11.3 Å². The molecule has 0 saturated heterocycles. The maximum atomic E-state index is 11.9. The number of hydrogen-bond donors (Lipinski definition) is 2. The summed E-state index contributed by atoms with van der Waals surface area (Å²) in [7, 11) is 1.69. The Morgan fingerprint density at radius 1 is 1.56 bits per heavy atom. The molecule has 3 N–H and O–H groups in total. The zero-order chi connectivity index (χ0) is 12.1. The highest BCUT2D eigenvalue weighted by atomic mass is 16.2. The van der Waals surface area contributed by atoms with Crippen molar-refractivity contribution in [2.24, 2.45) is 11.7 Å². The third-order valence-electron chi connectivity index (χ3n) is 2.33. The summed E-state index contributed by atoms with van der Waals surface area (Å²) in [5.41, 5.74) is 5.52. The lowest BCUT2D eigenvalue weighted by Gasteiger charge is -2.20. The highest BCUT2D eigenvalue weighted by Gasteiger charge is 2.14. The van der Waals surface area contributed by atoms with Gasteiger partial charge in [-0.1, -0.05) is 13.0 Å². The molecule has 0 aliphatic heterocycles. The van der Waals surface area contributed by atoms with Crippen molar-refractivity contribution in [1.82, 2.24) is 9.88 Å². The largest absolute Gasteiger partial charge is 0.340 e. The van der Waals surface area contributed by atoms with Gasteiger partial charge in [-0.2, -0.15) is 0 Å². The minimum Gasteiger partial charge on any atom is -0.340 e. The number of nitrogens with zero attached hydrogens (tertiary/aromatic N) is 1. The van der Waals surface area contributed by atoms with Crippen molar-refractivity contribution in [2.75, 3.05) is 20.1 Å². The van der Waals surface area contributed by atoms with Crippen LogP contribution in [0.2, 0.25) is 0 Å². The zero-order valence-corrected chi connectivity index (χ0v) is 9.56. The summed E-state index contributed by atoms with van der Waals surface area (Å²) in [6, 6.07) is 4.53. The van der Waals surface area contributed by atoms with Gasteiger partial charge in [-0.15, -0.1) is 0 Å². The van der Waals surface area contributed by atoms with Crippen LogP contribution in [0, 0.1) is 5.92 Å². The van der Waals surface area contributed by atoms with Gasteiger partial charge >= 0.3 is 0 Å². The second-order valence-electron chi connectivity index (χ2n) is 3.96. The molecule has 1 heterocycles. The third-order valence-corrected chi connectivity index (χ3v) is 2.33. The standard InChI is InChI=1S/C11H17N3O2/c1-8(6-12)7-14(2)11(16)9-4-3-5-10(15)13-9/h3-5,8H,6-7,12H2,1-2H3,(H,13,15). The van der Waals surface area contributed by atoms with Crippen molar-refractivity contribution in [1.29, 1.82) is 0 Å². The number of nitrogens with two attached hydrogens (primary N) is 1. The van der Waals surface area contributed by atoms with E-state index in [0.717, 1.165) is 0 Å². The first-order chi connectivity index (χ1) is 7.54. The molecule has 88 valence electrons. The van der Waals surface area contributed by atoms with E-state index in [4.69, 9.17) is 5.73 Å². The molecule has 1 unspecified atom stereocenters. The summed E-state index contributed by atoms with van der Waals surface area (Å²) < 4.78 is 0. The van der Waals surface area contributed by atoms with Crippen LogP contribution in [-0.2, 0) is 0 Å². The summed E-state index contributed by atoms with van der Waals surface area (Å²) in [5.74, 6) is 0.0439. The van der Waals surface area contributed by atoms with Gasteiger partial charge in [0.2, 0.25) is 5.56 Å². The van der Waals surface area contributed by atoms with E-state index in [0.29, 0.717) is 18.8 Å². The lowest BCUT2D eigenvalue weighted by Crippen LogP contribution is -2.34. The number of nitrogens with one attached hydrogen (secondary N) is 1. The first kappa shape index (κ1) is 12.4. The highest BCUT2D eigenvalue weighted by Crippen LogP contribution is 2.01. The number of hydrogen-bond acceptors (Lipinski definition) is 3. The van der Waals surface area contributed by atoms with Gasteiger partial charge in [0, 0.05) is 19.7 Å². The van der Waals surface area contributed by atoms with E-state index in [1.165, 1.54) is 6.07 Å². The number of aromatic nitrogens is 1. The van der Waals surface area contributed by atoms with Crippen LogP contribution in [0.4, 0.5) is 0 Å². The number of carbonyl (C=O) groups excluding carboxylic acids is 1. The van der Waals surface area contributed by atoms with Crippen LogP contribution in [0.25, 0.3) is 0 Å². The van der Waals surface area contributed by atoms with E-state index in [1.54, 1.807) is 24.1 Å². The van der Waals surface area contributed by atoms with Gasteiger partial charge in [-0.3, -0.25) is 9.59 Å². The fourth-order valence-electron chi connectivity index (χ4n) is 1.40. The summed E-state index contributed by atoms with van der Waals surface area (Å²) in [4.78, 5) is 27.0. The lowest BCUT2D eigenvalue weighted by atomic mass is 10.1. The first-order valence-electron chi connectivity index (χ1n) is 5.19. The molecule has 16 heavy (non-hydrogen) atoms. The van der Waals surface area contributed by atoms with E-state index in [1.807, 2.05) is 6.92 Å². The molecule has 0 saturated carbocycles. The number of rotatable bonds is 4. The summed E-state index contributed by atoms with van der Waals surface area (Å²) >= 11 is 0. The Kier molecular flexibility index (Phi) is 4.25. The first-order valence-corrected chi connectivity index (χ1v) is 5.19. The topological polar surface area (TPSA) is 79.2 Å². The molecule has 0 aliphatic rings. The zero-order valence-electron chi connectivity index (χ0n) is 9.56. The lowest BCUT2D eigenvalue weighted by molar-refractivity contribution is 0.0771. The Morgan fingerprint density at radius 2 is 2.25 bits per heavy atom. The van der Waals surface area contributed by atoms with Gasteiger partial charge in [0.15, 0.2) is 0 Å². The Morgan fingerprint density at radius 3 is 2.81 bits per heavy atom. The van der Waals surface area contributed by atoms with E-state index in [2.05, 4.69) is 4.98 Å². The molecule has 0 aliphatic carbocycles. The minimum atomic E-state index is -0.272. The van der Waals surface area contributed by atoms with Gasteiger partial charge in [-0.25, -0.2) is 0 Å². The SMILES string of the molecule is CC(CN)CN(C)C(=O)c1cccc(=O)[nH]1. The quantitative estimate of drug-likeness (QED) is 0.756. The molecule has 1 atom stereocenters. The molecular weight excluding hydrogens is 206 g/mol. The van der Waals surface area contributed by atoms with Crippen molar-refractivity contribution >= 4 is 5.91 Å². The van der Waals surface area contributed by atoms with Crippen LogP contribution in [0.1, 0.15) is 17.4 Å². The van der Waals surface area contributed by atoms with Crippen LogP contribution in [0.15, 0.2) is 23.0 Å². The Balaban J connectivity index is 2.74. The van der Waals surface area contributed by atoms with Crippen molar-refractivity contribution in [3.63, 3.8) is 0 Å². The molecule has 1 aromatic heterocycles. The van der Waals surface area contributed by atoms with Crippen molar-refractivity contribution < 1.29 is 4.79 Å². The molecule has 5 nitrogen and oxygen atoms in total. The van der Waals surface area contributed by atoms with Crippen molar-refractivity contribution in [2.45, 2.75) is 6.92 Å². The smallest absolute Gasteiger partial charge is 0.270 e. The number of H-pyrrole nitrogens is 1. The molecule has 5 heteroatoms. The maximum Gasteiger partial charge on any atom is 0.270 e. The predicted octanol–water partition coefficient (Wildman–Crippen LogP) is 0.0417. The molecule has 0 spiro atoms. The monoisotopic (exact) mass is 223 g/mol. The number of amides is 1. The Hall–Kier alpha value is -1.62. The second-order valence-corrected chi connectivity index (χ2v) is 3.96. The summed E-state index contributed by atoms with van der Waals surface area (Å²) in [6.07, 6.45) is 0. The average molecular weight is 223 g/mol. The maximum absolute atomic E-state index is 11.9. The number of carbonyl (C=O) groups is 1. The molecule has 0 radical (unpaired) electrons. The van der Waals surface area contributed by atoms with Crippen LogP contribution >= 0.6 is 0 Å². The highest BCUT2D eigenvalue weighted by molar-refractivity contribution is 5.92. The van der Waals surface area contributed by atoms with E-state index in [-0.39, 0.29) is 17.4 Å². The summed E-state index contributed by atoms with van der Waals surface area (Å²) in [6.45, 7) is 3.08. The molecule has 0 fully saturated rings. The van der Waals surface area contributed by atoms with Crippen molar-refractivity contribution in [3.8, 4) is 0 Å².